The van der Waals surface area contributed by atoms with E-state index < -0.39 is 0 Å². The van der Waals surface area contributed by atoms with Crippen molar-refractivity contribution in [2.45, 2.75) is 0 Å². The zero-order valence-corrected chi connectivity index (χ0v) is 13.3. The van der Waals surface area contributed by atoms with Crippen molar-refractivity contribution in [1.29, 1.82) is 0 Å². The molecule has 0 aliphatic carbocycles. The van der Waals surface area contributed by atoms with Gasteiger partial charge in [-0.3, -0.25) is 0 Å². The largest absolute Gasteiger partial charge is 0.347 e. The van der Waals surface area contributed by atoms with Crippen molar-refractivity contribution in [1.82, 2.24) is 9.88 Å². The summed E-state index contributed by atoms with van der Waals surface area (Å²) in [4.78, 5) is 6.47. The third-order valence-corrected chi connectivity index (χ3v) is 4.12. The number of nitrogens with zero attached hydrogens (tertiary/aromatic N) is 2. The molecular weight excluding hydrogens is 301 g/mol. The van der Waals surface area contributed by atoms with Crippen LogP contribution in [0, 0.1) is 5.82 Å². The summed E-state index contributed by atoms with van der Waals surface area (Å²) in [5.74, 6) is 0.341. The van der Waals surface area contributed by atoms with Crippen LogP contribution in [0.2, 0.25) is 0 Å². The monoisotopic (exact) mass is 317 g/mol. The molecule has 0 saturated carbocycles. The van der Waals surface area contributed by atoms with E-state index >= 15 is 0 Å². The Bertz CT molecular complexity index is 991. The predicted octanol–water partition coefficient (Wildman–Crippen LogP) is 4.70. The summed E-state index contributed by atoms with van der Waals surface area (Å²) >= 11 is 0. The lowest BCUT2D eigenvalue weighted by Gasteiger charge is -2.11. The van der Waals surface area contributed by atoms with Crippen molar-refractivity contribution in [3.8, 4) is 0 Å². The maximum atomic E-state index is 13.8. The molecule has 0 bridgehead atoms. The highest BCUT2D eigenvalue weighted by Gasteiger charge is 2.17. The molecule has 2 aromatic carbocycles. The molecular formula is C20H16FN3. The van der Waals surface area contributed by atoms with Crippen LogP contribution in [-0.4, -0.2) is 16.9 Å². The number of aromatic nitrogens is 1. The van der Waals surface area contributed by atoms with Gasteiger partial charge in [-0.05, 0) is 29.7 Å². The van der Waals surface area contributed by atoms with E-state index in [2.05, 4.69) is 46.2 Å². The normalized spacial score (nSPS) is 12.9. The molecule has 0 radical (unpaired) electrons. The Labute approximate surface area is 139 Å². The number of pyridine rings is 1. The van der Waals surface area contributed by atoms with Crippen molar-refractivity contribution in [3.63, 3.8) is 0 Å². The van der Waals surface area contributed by atoms with Crippen LogP contribution in [0.25, 0.3) is 22.2 Å². The summed E-state index contributed by atoms with van der Waals surface area (Å²) in [5, 5.41) is 5.23. The van der Waals surface area contributed by atoms with Crippen LogP contribution in [0.5, 0.6) is 0 Å². The molecule has 2 heterocycles. The Morgan fingerprint density at radius 2 is 1.92 bits per heavy atom. The van der Waals surface area contributed by atoms with Gasteiger partial charge in [0.1, 0.15) is 11.6 Å². The zero-order valence-electron chi connectivity index (χ0n) is 13.3. The van der Waals surface area contributed by atoms with Gasteiger partial charge in [0.25, 0.3) is 0 Å². The summed E-state index contributed by atoms with van der Waals surface area (Å²) in [6.45, 7) is 3.92. The number of halogens is 1. The van der Waals surface area contributed by atoms with Gasteiger partial charge in [-0.15, -0.1) is 0 Å². The van der Waals surface area contributed by atoms with Gasteiger partial charge < -0.3 is 10.2 Å². The van der Waals surface area contributed by atoms with Crippen LogP contribution in [0.3, 0.4) is 0 Å². The van der Waals surface area contributed by atoms with Gasteiger partial charge in [0.05, 0.1) is 5.70 Å². The van der Waals surface area contributed by atoms with Crippen LogP contribution >= 0.6 is 0 Å². The Kier molecular flexibility index (Phi) is 3.31. The molecule has 4 rings (SSSR count). The third kappa shape index (κ3) is 2.63. The molecule has 0 spiro atoms. The van der Waals surface area contributed by atoms with Gasteiger partial charge in [-0.25, -0.2) is 9.37 Å². The smallest absolute Gasteiger partial charge is 0.132 e. The van der Waals surface area contributed by atoms with E-state index in [-0.39, 0.29) is 5.82 Å². The van der Waals surface area contributed by atoms with Crippen molar-refractivity contribution in [2.24, 2.45) is 0 Å². The van der Waals surface area contributed by atoms with Gasteiger partial charge in [0.15, 0.2) is 0 Å². The average molecular weight is 317 g/mol. The maximum absolute atomic E-state index is 13.8. The van der Waals surface area contributed by atoms with E-state index in [0.717, 1.165) is 10.8 Å². The topological polar surface area (TPSA) is 27.9 Å². The molecule has 1 N–H and O–H groups in total. The molecule has 0 fully saturated rings. The molecule has 1 aromatic heterocycles. The molecule has 0 unspecified atom stereocenters. The van der Waals surface area contributed by atoms with Crippen LogP contribution in [-0.2, 0) is 0 Å². The minimum absolute atomic E-state index is 0.304. The molecule has 4 heteroatoms. The van der Waals surface area contributed by atoms with Crippen LogP contribution in [0.1, 0.15) is 11.1 Å². The number of benzene rings is 2. The van der Waals surface area contributed by atoms with Crippen molar-refractivity contribution < 1.29 is 4.39 Å². The van der Waals surface area contributed by atoms with Gasteiger partial charge >= 0.3 is 0 Å². The number of fused-ring (bicyclic) bond motifs is 1. The van der Waals surface area contributed by atoms with Gasteiger partial charge in [-0.1, -0.05) is 30.8 Å². The lowest BCUT2D eigenvalue weighted by atomic mass is 10.1. The standard InChI is InChI=1S/C20H16FN3/c1-13(17-5-3-4-6-18(17)21)23-20-10-16-9-14(19-12-24(19)2)7-8-15(16)11-22-20/h3-12H,1H2,2H3,(H,22,23). The number of nitrogens with one attached hydrogen (secondary N) is 1. The average Bonchev–Trinajstić information content (AvgIpc) is 3.31. The molecule has 0 atom stereocenters. The van der Waals surface area contributed by atoms with E-state index in [4.69, 9.17) is 0 Å². The van der Waals surface area contributed by atoms with Crippen molar-refractivity contribution >= 4 is 28.0 Å². The summed E-state index contributed by atoms with van der Waals surface area (Å²) in [7, 11) is 2.03. The fourth-order valence-corrected chi connectivity index (χ4v) is 2.73. The second-order valence-electron chi connectivity index (χ2n) is 5.84. The Hall–Kier alpha value is -3.14. The molecule has 24 heavy (non-hydrogen) atoms. The fourth-order valence-electron chi connectivity index (χ4n) is 2.73. The first-order valence-electron chi connectivity index (χ1n) is 7.67. The molecule has 1 aliphatic heterocycles. The fraction of sp³-hybridized carbons (Fsp3) is 0.0500. The number of hydrogen-bond acceptors (Lipinski definition) is 3. The van der Waals surface area contributed by atoms with Crippen LogP contribution in [0.4, 0.5) is 10.2 Å². The number of anilines is 1. The molecule has 3 aromatic rings. The molecule has 3 nitrogen and oxygen atoms in total. The zero-order chi connectivity index (χ0) is 16.7. The van der Waals surface area contributed by atoms with E-state index in [9.17, 15) is 4.39 Å². The molecule has 0 amide bonds. The molecule has 0 saturated heterocycles. The Morgan fingerprint density at radius 3 is 2.67 bits per heavy atom. The first kappa shape index (κ1) is 14.5. The van der Waals surface area contributed by atoms with Gasteiger partial charge in [-0.2, -0.15) is 0 Å². The highest BCUT2D eigenvalue weighted by Crippen LogP contribution is 2.32. The third-order valence-electron chi connectivity index (χ3n) is 4.12. The maximum Gasteiger partial charge on any atom is 0.132 e. The van der Waals surface area contributed by atoms with Crippen molar-refractivity contribution in [2.75, 3.05) is 12.4 Å². The second kappa shape index (κ2) is 5.49. The summed E-state index contributed by atoms with van der Waals surface area (Å²) in [6.07, 6.45) is 3.89. The SMILES string of the molecule is C=C(Nc1cc2cc(C3=CN3C)ccc2cn1)c1ccccc1F. The summed E-state index contributed by atoms with van der Waals surface area (Å²) < 4.78 is 13.8. The van der Waals surface area contributed by atoms with E-state index in [1.807, 2.05) is 13.1 Å². The minimum atomic E-state index is -0.304. The number of hydrogen-bond donors (Lipinski definition) is 1. The highest BCUT2D eigenvalue weighted by atomic mass is 19.1. The summed E-state index contributed by atoms with van der Waals surface area (Å²) in [6, 6.07) is 14.8. The quantitative estimate of drug-likeness (QED) is 0.756. The number of rotatable bonds is 4. The summed E-state index contributed by atoms with van der Waals surface area (Å²) in [5.41, 5.74) is 3.33. The van der Waals surface area contributed by atoms with Gasteiger partial charge in [0.2, 0.25) is 0 Å². The van der Waals surface area contributed by atoms with Crippen LogP contribution in [0.15, 0.2) is 67.5 Å². The van der Waals surface area contributed by atoms with E-state index in [1.54, 1.807) is 24.4 Å². The lowest BCUT2D eigenvalue weighted by Crippen LogP contribution is -2.01. The van der Waals surface area contributed by atoms with E-state index in [1.165, 1.54) is 17.3 Å². The minimum Gasteiger partial charge on any atom is -0.347 e. The first-order chi connectivity index (χ1) is 11.6. The molecule has 118 valence electrons. The Balaban J connectivity index is 1.63. The molecule has 1 aliphatic rings. The van der Waals surface area contributed by atoms with E-state index in [0.29, 0.717) is 17.1 Å². The first-order valence-corrected chi connectivity index (χ1v) is 7.67. The van der Waals surface area contributed by atoms with Gasteiger partial charge in [0, 0.05) is 41.7 Å². The Morgan fingerprint density at radius 1 is 1.12 bits per heavy atom. The highest BCUT2D eigenvalue weighted by molar-refractivity contribution is 5.90. The van der Waals surface area contributed by atoms with Crippen LogP contribution < -0.4 is 5.32 Å². The lowest BCUT2D eigenvalue weighted by molar-refractivity contribution is 0.624. The predicted molar refractivity (Wildman–Crippen MR) is 96.5 cm³/mol. The van der Waals surface area contributed by atoms with Crippen molar-refractivity contribution in [3.05, 3.63) is 84.5 Å². The second-order valence-corrected chi connectivity index (χ2v) is 5.84.